The first-order valence-electron chi connectivity index (χ1n) is 8.27. The van der Waals surface area contributed by atoms with E-state index < -0.39 is 0 Å². The first kappa shape index (κ1) is 18.4. The van der Waals surface area contributed by atoms with E-state index in [0.29, 0.717) is 16.4 Å². The third-order valence-corrected chi connectivity index (χ3v) is 5.04. The molecular weight excluding hydrogens is 352 g/mol. The summed E-state index contributed by atoms with van der Waals surface area (Å²) in [6.07, 6.45) is 0. The van der Waals surface area contributed by atoms with E-state index in [2.05, 4.69) is 20.4 Å². The van der Waals surface area contributed by atoms with Gasteiger partial charge in [-0.15, -0.1) is 10.2 Å². The number of benzene rings is 1. The van der Waals surface area contributed by atoms with Crippen molar-refractivity contribution < 1.29 is 9.53 Å². The summed E-state index contributed by atoms with van der Waals surface area (Å²) in [6.45, 7) is 4.00. The molecule has 0 unspecified atom stereocenters. The van der Waals surface area contributed by atoms with Crippen molar-refractivity contribution in [3.05, 3.63) is 35.7 Å². The summed E-state index contributed by atoms with van der Waals surface area (Å²) >= 11 is 1.35. The first-order valence-corrected chi connectivity index (χ1v) is 9.25. The summed E-state index contributed by atoms with van der Waals surface area (Å²) in [5, 5.41) is 20.7. The first-order chi connectivity index (χ1) is 12.7. The molecule has 3 rings (SSSR count). The highest BCUT2D eigenvalue weighted by molar-refractivity contribution is 7.99. The van der Waals surface area contributed by atoms with Crippen molar-refractivity contribution in [1.82, 2.24) is 19.7 Å². The Balaban J connectivity index is 1.50. The number of anilines is 1. The number of rotatable bonds is 6. The number of hydrogen-bond acceptors (Lipinski definition) is 7. The maximum absolute atomic E-state index is 12.1. The second kappa shape index (κ2) is 8.80. The number of morpholine rings is 1. The maximum atomic E-state index is 12.1. The normalized spacial score (nSPS) is 14.8. The van der Waals surface area contributed by atoms with Gasteiger partial charge in [-0.05, 0) is 24.3 Å². The van der Waals surface area contributed by atoms with Crippen LogP contribution in [0.1, 0.15) is 11.4 Å². The number of nitrogens with one attached hydrogen (secondary N) is 1. The molecule has 0 saturated carbocycles. The van der Waals surface area contributed by atoms with E-state index in [4.69, 9.17) is 10.00 Å². The largest absolute Gasteiger partial charge is 0.379 e. The van der Waals surface area contributed by atoms with E-state index in [1.165, 1.54) is 11.8 Å². The van der Waals surface area contributed by atoms with Crippen LogP contribution in [0.4, 0.5) is 5.69 Å². The Hall–Kier alpha value is -2.41. The molecule has 0 aliphatic carbocycles. The van der Waals surface area contributed by atoms with Gasteiger partial charge in [-0.25, -0.2) is 0 Å². The summed E-state index contributed by atoms with van der Waals surface area (Å²) in [6, 6.07) is 8.81. The smallest absolute Gasteiger partial charge is 0.234 e. The Morgan fingerprint density at radius 1 is 1.31 bits per heavy atom. The molecule has 1 N–H and O–H groups in total. The molecule has 8 nitrogen and oxygen atoms in total. The SMILES string of the molecule is Cn1c(CN2CCOCC2)nnc1SCC(=O)Nc1ccc(C#N)cc1. The van der Waals surface area contributed by atoms with E-state index in [1.54, 1.807) is 24.3 Å². The zero-order chi connectivity index (χ0) is 18.4. The summed E-state index contributed by atoms with van der Waals surface area (Å²) in [7, 11) is 1.91. The Labute approximate surface area is 156 Å². The third kappa shape index (κ3) is 4.82. The molecule has 2 aromatic rings. The van der Waals surface area contributed by atoms with Crippen molar-refractivity contribution in [1.29, 1.82) is 5.26 Å². The fraction of sp³-hybridized carbons (Fsp3) is 0.412. The van der Waals surface area contributed by atoms with Gasteiger partial charge in [-0.3, -0.25) is 9.69 Å². The molecule has 0 radical (unpaired) electrons. The predicted octanol–water partition coefficient (Wildman–Crippen LogP) is 1.25. The van der Waals surface area contributed by atoms with Gasteiger partial charge in [0.05, 0.1) is 37.1 Å². The zero-order valence-electron chi connectivity index (χ0n) is 14.5. The van der Waals surface area contributed by atoms with Crippen LogP contribution in [0.5, 0.6) is 0 Å². The molecule has 136 valence electrons. The highest BCUT2D eigenvalue weighted by atomic mass is 32.2. The second-order valence-electron chi connectivity index (χ2n) is 5.87. The second-order valence-corrected chi connectivity index (χ2v) is 6.81. The number of ether oxygens (including phenoxy) is 1. The Bertz CT molecular complexity index is 793. The molecule has 0 bridgehead atoms. The van der Waals surface area contributed by atoms with Crippen LogP contribution in [0.15, 0.2) is 29.4 Å². The molecule has 9 heteroatoms. The van der Waals surface area contributed by atoms with Gasteiger partial charge in [-0.2, -0.15) is 5.26 Å². The van der Waals surface area contributed by atoms with Crippen LogP contribution >= 0.6 is 11.8 Å². The van der Waals surface area contributed by atoms with Crippen molar-refractivity contribution in [2.24, 2.45) is 7.05 Å². The number of carbonyl (C=O) groups is 1. The molecule has 1 fully saturated rings. The molecular formula is C17H20N6O2S. The van der Waals surface area contributed by atoms with Crippen molar-refractivity contribution in [3.63, 3.8) is 0 Å². The molecule has 1 saturated heterocycles. The number of carbonyl (C=O) groups excluding carboxylic acids is 1. The van der Waals surface area contributed by atoms with Crippen LogP contribution in [0.2, 0.25) is 0 Å². The predicted molar refractivity (Wildman–Crippen MR) is 97.6 cm³/mol. The summed E-state index contributed by atoms with van der Waals surface area (Å²) in [4.78, 5) is 14.4. The van der Waals surface area contributed by atoms with Gasteiger partial charge in [0.2, 0.25) is 5.91 Å². The van der Waals surface area contributed by atoms with Gasteiger partial charge in [0, 0.05) is 25.8 Å². The number of hydrogen-bond donors (Lipinski definition) is 1. The zero-order valence-corrected chi connectivity index (χ0v) is 15.3. The van der Waals surface area contributed by atoms with Gasteiger partial charge in [0.1, 0.15) is 5.82 Å². The molecule has 1 amide bonds. The highest BCUT2D eigenvalue weighted by Gasteiger charge is 2.16. The standard InChI is InChI=1S/C17H20N6O2S/c1-22-15(11-23-6-8-25-9-7-23)20-21-17(22)26-12-16(24)19-14-4-2-13(10-18)3-5-14/h2-5H,6-9,11-12H2,1H3,(H,19,24). The van der Waals surface area contributed by atoms with Crippen molar-refractivity contribution in [2.45, 2.75) is 11.7 Å². The molecule has 1 aliphatic rings. The Morgan fingerprint density at radius 2 is 2.04 bits per heavy atom. The average Bonchev–Trinajstić information content (AvgIpc) is 3.01. The van der Waals surface area contributed by atoms with E-state index in [0.717, 1.165) is 38.7 Å². The van der Waals surface area contributed by atoms with E-state index in [1.807, 2.05) is 17.7 Å². The molecule has 1 aromatic carbocycles. The van der Waals surface area contributed by atoms with Crippen LogP contribution in [0.25, 0.3) is 0 Å². The van der Waals surface area contributed by atoms with E-state index in [-0.39, 0.29) is 11.7 Å². The summed E-state index contributed by atoms with van der Waals surface area (Å²) < 4.78 is 7.28. The van der Waals surface area contributed by atoms with Crippen LogP contribution in [0, 0.1) is 11.3 Å². The molecule has 1 aromatic heterocycles. The summed E-state index contributed by atoms with van der Waals surface area (Å²) in [5.41, 5.74) is 1.23. The quantitative estimate of drug-likeness (QED) is 0.762. The van der Waals surface area contributed by atoms with Gasteiger partial charge in [0.15, 0.2) is 5.16 Å². The minimum Gasteiger partial charge on any atom is -0.379 e. The van der Waals surface area contributed by atoms with Gasteiger partial charge in [-0.1, -0.05) is 11.8 Å². The monoisotopic (exact) mass is 372 g/mol. The number of nitriles is 1. The minimum atomic E-state index is -0.127. The summed E-state index contributed by atoms with van der Waals surface area (Å²) in [5.74, 6) is 0.989. The van der Waals surface area contributed by atoms with Gasteiger partial charge >= 0.3 is 0 Å². The van der Waals surface area contributed by atoms with E-state index >= 15 is 0 Å². The molecule has 2 heterocycles. The molecule has 0 atom stereocenters. The van der Waals surface area contributed by atoms with Crippen LogP contribution in [-0.2, 0) is 23.1 Å². The van der Waals surface area contributed by atoms with Crippen molar-refractivity contribution >= 4 is 23.4 Å². The number of nitrogens with zero attached hydrogens (tertiary/aromatic N) is 5. The lowest BCUT2D eigenvalue weighted by Gasteiger charge is -2.25. The lowest BCUT2D eigenvalue weighted by Crippen LogP contribution is -2.36. The Kier molecular flexibility index (Phi) is 6.22. The van der Waals surface area contributed by atoms with Crippen LogP contribution in [-0.4, -0.2) is 57.6 Å². The lowest BCUT2D eigenvalue weighted by atomic mass is 10.2. The fourth-order valence-electron chi connectivity index (χ4n) is 2.52. The average molecular weight is 372 g/mol. The van der Waals surface area contributed by atoms with E-state index in [9.17, 15) is 4.79 Å². The minimum absolute atomic E-state index is 0.127. The third-order valence-electron chi connectivity index (χ3n) is 4.02. The topological polar surface area (TPSA) is 96.1 Å². The van der Waals surface area contributed by atoms with Crippen molar-refractivity contribution in [2.75, 3.05) is 37.4 Å². The molecule has 0 spiro atoms. The number of amides is 1. The van der Waals surface area contributed by atoms with Crippen LogP contribution in [0.3, 0.4) is 0 Å². The molecule has 26 heavy (non-hydrogen) atoms. The Morgan fingerprint density at radius 3 is 2.73 bits per heavy atom. The maximum Gasteiger partial charge on any atom is 0.234 e. The lowest BCUT2D eigenvalue weighted by molar-refractivity contribution is -0.113. The van der Waals surface area contributed by atoms with Gasteiger partial charge < -0.3 is 14.6 Å². The molecule has 1 aliphatic heterocycles. The van der Waals surface area contributed by atoms with Gasteiger partial charge in [0.25, 0.3) is 0 Å². The number of thioether (sulfide) groups is 1. The van der Waals surface area contributed by atoms with Crippen LogP contribution < -0.4 is 5.32 Å². The number of aromatic nitrogens is 3. The van der Waals surface area contributed by atoms with Crippen molar-refractivity contribution in [3.8, 4) is 6.07 Å². The fourth-order valence-corrected chi connectivity index (χ4v) is 3.25. The highest BCUT2D eigenvalue weighted by Crippen LogP contribution is 2.17.